The van der Waals surface area contributed by atoms with E-state index in [-0.39, 0.29) is 0 Å². The molecule has 3 aromatic carbocycles. The fourth-order valence-electron chi connectivity index (χ4n) is 4.30. The molecular weight excluding hydrogens is 416 g/mol. The van der Waals surface area contributed by atoms with E-state index in [0.29, 0.717) is 0 Å². The lowest BCUT2D eigenvalue weighted by molar-refractivity contribution is 0.302. The molecule has 184 valence electrons. The first-order valence-corrected chi connectivity index (χ1v) is 13.6. The highest BCUT2D eigenvalue weighted by atomic mass is 16.5. The summed E-state index contributed by atoms with van der Waals surface area (Å²) in [6.07, 6.45) is 12.6. The summed E-state index contributed by atoms with van der Waals surface area (Å²) in [5, 5.41) is 2.46. The quantitative estimate of drug-likeness (QED) is 0.198. The van der Waals surface area contributed by atoms with Gasteiger partial charge in [0.25, 0.3) is 0 Å². The van der Waals surface area contributed by atoms with Gasteiger partial charge in [0.05, 0.1) is 13.2 Å². The van der Waals surface area contributed by atoms with Gasteiger partial charge in [-0.05, 0) is 71.0 Å². The van der Waals surface area contributed by atoms with Gasteiger partial charge < -0.3 is 9.47 Å². The molecule has 0 saturated heterocycles. The maximum Gasteiger partial charge on any atom is 0.119 e. The Labute approximate surface area is 207 Å². The normalized spacial score (nSPS) is 12.1. The second-order valence-corrected chi connectivity index (χ2v) is 9.72. The van der Waals surface area contributed by atoms with Crippen LogP contribution < -0.4 is 9.47 Å². The number of fused-ring (bicyclic) bond motifs is 1. The topological polar surface area (TPSA) is 18.5 Å². The van der Waals surface area contributed by atoms with Gasteiger partial charge in [0.1, 0.15) is 11.5 Å². The highest BCUT2D eigenvalue weighted by Gasteiger charge is 2.04. The van der Waals surface area contributed by atoms with Gasteiger partial charge in [-0.3, -0.25) is 0 Å². The molecule has 0 radical (unpaired) electrons. The Hall–Kier alpha value is -2.48. The predicted molar refractivity (Wildman–Crippen MR) is 147 cm³/mol. The predicted octanol–water partition coefficient (Wildman–Crippen LogP) is 9.84. The molecular formula is C32H44O2. The minimum absolute atomic E-state index is 0.803. The van der Waals surface area contributed by atoms with Crippen molar-refractivity contribution in [2.75, 3.05) is 13.2 Å². The number of ether oxygens (including phenoxy) is 2. The van der Waals surface area contributed by atoms with Gasteiger partial charge in [0, 0.05) is 0 Å². The van der Waals surface area contributed by atoms with Crippen LogP contribution in [0.1, 0.15) is 85.0 Å². The van der Waals surface area contributed by atoms with Gasteiger partial charge in [-0.1, -0.05) is 102 Å². The lowest BCUT2D eigenvalue weighted by Gasteiger charge is -2.10. The summed E-state index contributed by atoms with van der Waals surface area (Å²) in [5.74, 6) is 2.78. The van der Waals surface area contributed by atoms with Crippen LogP contribution >= 0.6 is 0 Å². The molecule has 0 bridgehead atoms. The van der Waals surface area contributed by atoms with E-state index < -0.39 is 0 Å². The van der Waals surface area contributed by atoms with Crippen LogP contribution in [0.3, 0.4) is 0 Å². The smallest absolute Gasteiger partial charge is 0.119 e. The molecule has 0 fully saturated rings. The van der Waals surface area contributed by atoms with E-state index in [9.17, 15) is 0 Å². The first-order valence-electron chi connectivity index (χ1n) is 13.6. The van der Waals surface area contributed by atoms with Crippen molar-refractivity contribution < 1.29 is 9.47 Å². The number of unbranched alkanes of at least 4 members (excludes halogenated alkanes) is 6. The molecule has 0 aromatic heterocycles. The van der Waals surface area contributed by atoms with E-state index in [2.05, 4.69) is 81.4 Å². The Balaban J connectivity index is 1.47. The van der Waals surface area contributed by atoms with Crippen molar-refractivity contribution in [3.8, 4) is 22.6 Å². The molecule has 2 heteroatoms. The van der Waals surface area contributed by atoms with Crippen LogP contribution in [-0.4, -0.2) is 13.2 Å². The fraction of sp³-hybridized carbons (Fsp3) is 0.500. The van der Waals surface area contributed by atoms with Crippen LogP contribution in [0, 0.1) is 5.92 Å². The number of hydrogen-bond acceptors (Lipinski definition) is 2. The summed E-state index contributed by atoms with van der Waals surface area (Å²) in [5.41, 5.74) is 2.45. The van der Waals surface area contributed by atoms with Gasteiger partial charge in [-0.15, -0.1) is 0 Å². The molecule has 34 heavy (non-hydrogen) atoms. The average Bonchev–Trinajstić information content (AvgIpc) is 2.88. The second kappa shape index (κ2) is 14.7. The molecule has 0 aliphatic heterocycles. The molecule has 1 atom stereocenters. The first-order chi connectivity index (χ1) is 16.7. The molecule has 3 aromatic rings. The van der Waals surface area contributed by atoms with Crippen LogP contribution in [0.2, 0.25) is 0 Å². The van der Waals surface area contributed by atoms with E-state index in [4.69, 9.17) is 9.47 Å². The van der Waals surface area contributed by atoms with Crippen LogP contribution in [0.4, 0.5) is 0 Å². The number of rotatable bonds is 16. The first kappa shape index (κ1) is 26.1. The third kappa shape index (κ3) is 8.70. The molecule has 1 unspecified atom stereocenters. The summed E-state index contributed by atoms with van der Waals surface area (Å²) in [6.45, 7) is 8.48. The molecule has 0 amide bonds. The molecule has 0 aliphatic carbocycles. The van der Waals surface area contributed by atoms with E-state index in [0.717, 1.165) is 43.5 Å². The second-order valence-electron chi connectivity index (χ2n) is 9.72. The van der Waals surface area contributed by atoms with Crippen molar-refractivity contribution >= 4 is 10.8 Å². The van der Waals surface area contributed by atoms with E-state index in [1.165, 1.54) is 73.3 Å². The van der Waals surface area contributed by atoms with Crippen molar-refractivity contribution in [3.05, 3.63) is 60.7 Å². The van der Waals surface area contributed by atoms with Crippen molar-refractivity contribution in [2.45, 2.75) is 85.0 Å². The van der Waals surface area contributed by atoms with E-state index >= 15 is 0 Å². The molecule has 0 N–H and O–H groups in total. The van der Waals surface area contributed by atoms with Crippen LogP contribution in [0.25, 0.3) is 21.9 Å². The zero-order valence-corrected chi connectivity index (χ0v) is 21.7. The SMILES string of the molecule is CCCCCCCOc1ccc(-c2ccc3cc(OCCCCCC(C)CC)ccc3c2)cc1. The largest absolute Gasteiger partial charge is 0.494 e. The molecule has 0 spiro atoms. The van der Waals surface area contributed by atoms with E-state index in [1.807, 2.05) is 0 Å². The third-order valence-corrected chi connectivity index (χ3v) is 6.82. The standard InChI is InChI=1S/C32H44O2/c1-4-6-7-8-11-22-33-31-19-16-27(17-20-31)28-14-15-30-25-32(21-18-29(30)24-28)34-23-12-9-10-13-26(3)5-2/h14-21,24-26H,4-13,22-23H2,1-3H3. The van der Waals surface area contributed by atoms with Crippen LogP contribution in [-0.2, 0) is 0 Å². The van der Waals surface area contributed by atoms with Gasteiger partial charge in [-0.2, -0.15) is 0 Å². The minimum Gasteiger partial charge on any atom is -0.494 e. The Morgan fingerprint density at radius 3 is 1.91 bits per heavy atom. The maximum absolute atomic E-state index is 6.02. The zero-order valence-electron chi connectivity index (χ0n) is 21.7. The monoisotopic (exact) mass is 460 g/mol. The summed E-state index contributed by atoms with van der Waals surface area (Å²) in [6, 6.07) is 21.6. The Morgan fingerprint density at radius 2 is 1.18 bits per heavy atom. The Kier molecular flexibility index (Phi) is 11.3. The zero-order chi connectivity index (χ0) is 24.0. The van der Waals surface area contributed by atoms with Crippen molar-refractivity contribution in [1.29, 1.82) is 0 Å². The van der Waals surface area contributed by atoms with Crippen molar-refractivity contribution in [3.63, 3.8) is 0 Å². The van der Waals surface area contributed by atoms with Gasteiger partial charge in [-0.25, -0.2) is 0 Å². The lowest BCUT2D eigenvalue weighted by Crippen LogP contribution is -1.98. The fourth-order valence-corrected chi connectivity index (χ4v) is 4.30. The summed E-state index contributed by atoms with van der Waals surface area (Å²) in [4.78, 5) is 0. The number of benzene rings is 3. The molecule has 0 saturated carbocycles. The maximum atomic E-state index is 6.02. The van der Waals surface area contributed by atoms with Gasteiger partial charge in [0.2, 0.25) is 0 Å². The van der Waals surface area contributed by atoms with Gasteiger partial charge >= 0.3 is 0 Å². The van der Waals surface area contributed by atoms with Crippen LogP contribution in [0.5, 0.6) is 11.5 Å². The molecule has 0 heterocycles. The van der Waals surface area contributed by atoms with E-state index in [1.54, 1.807) is 0 Å². The van der Waals surface area contributed by atoms with Crippen LogP contribution in [0.15, 0.2) is 60.7 Å². The highest BCUT2D eigenvalue weighted by Crippen LogP contribution is 2.28. The Morgan fingerprint density at radius 1 is 0.588 bits per heavy atom. The summed E-state index contributed by atoms with van der Waals surface area (Å²) >= 11 is 0. The highest BCUT2D eigenvalue weighted by molar-refractivity contribution is 5.88. The lowest BCUT2D eigenvalue weighted by atomic mass is 10.0. The molecule has 2 nitrogen and oxygen atoms in total. The van der Waals surface area contributed by atoms with Crippen molar-refractivity contribution in [1.82, 2.24) is 0 Å². The summed E-state index contributed by atoms with van der Waals surface area (Å²) < 4.78 is 11.9. The number of hydrogen-bond donors (Lipinski definition) is 0. The van der Waals surface area contributed by atoms with Crippen molar-refractivity contribution in [2.24, 2.45) is 5.92 Å². The molecule has 3 rings (SSSR count). The molecule has 0 aliphatic rings. The average molecular weight is 461 g/mol. The Bertz CT molecular complexity index is 960. The summed E-state index contributed by atoms with van der Waals surface area (Å²) in [7, 11) is 0. The minimum atomic E-state index is 0.803. The third-order valence-electron chi connectivity index (χ3n) is 6.82. The van der Waals surface area contributed by atoms with Gasteiger partial charge in [0.15, 0.2) is 0 Å².